The van der Waals surface area contributed by atoms with Gasteiger partial charge in [0.2, 0.25) is 0 Å². The minimum atomic E-state index is -0.0306. The summed E-state index contributed by atoms with van der Waals surface area (Å²) in [5.74, 6) is -0.0306. The molecule has 1 saturated heterocycles. The largest absolute Gasteiger partial charge is 0.379 e. The summed E-state index contributed by atoms with van der Waals surface area (Å²) in [6, 6.07) is 15.3. The number of rotatable bonds is 5. The summed E-state index contributed by atoms with van der Waals surface area (Å²) in [6.45, 7) is 5.30. The van der Waals surface area contributed by atoms with Crippen molar-refractivity contribution in [2.24, 2.45) is 0 Å². The maximum absolute atomic E-state index is 13.1. The van der Waals surface area contributed by atoms with E-state index in [-0.39, 0.29) is 5.78 Å². The van der Waals surface area contributed by atoms with E-state index in [1.54, 1.807) is 12.1 Å². The van der Waals surface area contributed by atoms with Crippen molar-refractivity contribution >= 4 is 28.3 Å². The SMILES string of the molecule is O=C(c1ccccc1Cl)c1cn(CCN2CCOCC2)c2ccccc12. The van der Waals surface area contributed by atoms with Crippen LogP contribution < -0.4 is 0 Å². The van der Waals surface area contributed by atoms with E-state index in [9.17, 15) is 4.79 Å². The van der Waals surface area contributed by atoms with Crippen LogP contribution in [0.25, 0.3) is 10.9 Å². The van der Waals surface area contributed by atoms with Crippen molar-refractivity contribution in [3.05, 3.63) is 70.9 Å². The topological polar surface area (TPSA) is 34.5 Å². The number of nitrogens with zero attached hydrogens (tertiary/aromatic N) is 2. The first-order chi connectivity index (χ1) is 12.7. The van der Waals surface area contributed by atoms with Crippen LogP contribution in [0.1, 0.15) is 15.9 Å². The highest BCUT2D eigenvalue weighted by Crippen LogP contribution is 2.26. The normalized spacial score (nSPS) is 15.4. The maximum atomic E-state index is 13.1. The molecular weight excluding hydrogens is 348 g/mol. The van der Waals surface area contributed by atoms with E-state index in [2.05, 4.69) is 15.5 Å². The molecule has 0 aliphatic carbocycles. The molecule has 3 aromatic rings. The van der Waals surface area contributed by atoms with Crippen LogP contribution in [-0.2, 0) is 11.3 Å². The van der Waals surface area contributed by atoms with Crippen LogP contribution in [0.4, 0.5) is 0 Å². The third-order valence-corrected chi connectivity index (χ3v) is 5.24. The minimum Gasteiger partial charge on any atom is -0.379 e. The zero-order chi connectivity index (χ0) is 17.9. The number of fused-ring (bicyclic) bond motifs is 1. The molecule has 1 aromatic heterocycles. The van der Waals surface area contributed by atoms with E-state index in [1.807, 2.05) is 36.5 Å². The molecule has 0 unspecified atom stereocenters. The molecule has 134 valence electrons. The van der Waals surface area contributed by atoms with Gasteiger partial charge < -0.3 is 9.30 Å². The lowest BCUT2D eigenvalue weighted by Gasteiger charge is -2.26. The van der Waals surface area contributed by atoms with Crippen LogP contribution in [0.2, 0.25) is 5.02 Å². The molecule has 0 atom stereocenters. The molecule has 0 saturated carbocycles. The summed E-state index contributed by atoms with van der Waals surface area (Å²) in [4.78, 5) is 15.5. The van der Waals surface area contributed by atoms with Gasteiger partial charge in [-0.05, 0) is 18.2 Å². The van der Waals surface area contributed by atoms with E-state index in [1.165, 1.54) is 0 Å². The highest BCUT2D eigenvalue weighted by atomic mass is 35.5. The Labute approximate surface area is 157 Å². The van der Waals surface area contributed by atoms with E-state index in [0.29, 0.717) is 16.1 Å². The van der Waals surface area contributed by atoms with Gasteiger partial charge in [-0.3, -0.25) is 9.69 Å². The maximum Gasteiger partial charge on any atom is 0.196 e. The Bertz CT molecular complexity index is 929. The molecule has 5 heteroatoms. The molecule has 0 N–H and O–H groups in total. The van der Waals surface area contributed by atoms with Crippen molar-refractivity contribution in [3.8, 4) is 0 Å². The van der Waals surface area contributed by atoms with Crippen molar-refractivity contribution in [2.75, 3.05) is 32.8 Å². The first-order valence-corrected chi connectivity index (χ1v) is 9.29. The molecule has 1 aliphatic rings. The zero-order valence-electron chi connectivity index (χ0n) is 14.5. The second-order valence-electron chi connectivity index (χ2n) is 6.52. The number of carbonyl (C=O) groups excluding carboxylic acids is 1. The lowest BCUT2D eigenvalue weighted by Crippen LogP contribution is -2.38. The lowest BCUT2D eigenvalue weighted by molar-refractivity contribution is 0.0365. The number of ether oxygens (including phenoxy) is 1. The van der Waals surface area contributed by atoms with Crippen LogP contribution >= 0.6 is 11.6 Å². The van der Waals surface area contributed by atoms with Crippen LogP contribution in [0.3, 0.4) is 0 Å². The van der Waals surface area contributed by atoms with Gasteiger partial charge >= 0.3 is 0 Å². The van der Waals surface area contributed by atoms with E-state index < -0.39 is 0 Å². The molecule has 2 aromatic carbocycles. The summed E-state index contributed by atoms with van der Waals surface area (Å²) in [6.07, 6.45) is 1.97. The Morgan fingerprint density at radius 2 is 1.69 bits per heavy atom. The third kappa shape index (κ3) is 3.40. The molecule has 4 nitrogen and oxygen atoms in total. The van der Waals surface area contributed by atoms with Crippen LogP contribution in [0, 0.1) is 0 Å². The number of ketones is 1. The van der Waals surface area contributed by atoms with Crippen molar-refractivity contribution in [3.63, 3.8) is 0 Å². The van der Waals surface area contributed by atoms with E-state index >= 15 is 0 Å². The first-order valence-electron chi connectivity index (χ1n) is 8.91. The predicted octanol–water partition coefficient (Wildman–Crippen LogP) is 3.86. The van der Waals surface area contributed by atoms with Crippen molar-refractivity contribution in [1.82, 2.24) is 9.47 Å². The summed E-state index contributed by atoms with van der Waals surface area (Å²) in [7, 11) is 0. The highest BCUT2D eigenvalue weighted by Gasteiger charge is 2.19. The van der Waals surface area contributed by atoms with Crippen molar-refractivity contribution < 1.29 is 9.53 Å². The average molecular weight is 369 g/mol. The van der Waals surface area contributed by atoms with E-state index in [4.69, 9.17) is 16.3 Å². The second kappa shape index (κ2) is 7.62. The summed E-state index contributed by atoms with van der Waals surface area (Å²) >= 11 is 6.24. The summed E-state index contributed by atoms with van der Waals surface area (Å²) < 4.78 is 7.59. The number of aromatic nitrogens is 1. The fourth-order valence-corrected chi connectivity index (χ4v) is 3.70. The molecule has 4 rings (SSSR count). The Morgan fingerprint density at radius 3 is 2.50 bits per heavy atom. The average Bonchev–Trinajstić information content (AvgIpc) is 3.06. The van der Waals surface area contributed by atoms with Gasteiger partial charge in [0.25, 0.3) is 0 Å². The number of carbonyl (C=O) groups is 1. The minimum absolute atomic E-state index is 0.0306. The molecule has 26 heavy (non-hydrogen) atoms. The van der Waals surface area contributed by atoms with Gasteiger partial charge in [0.05, 0.1) is 18.2 Å². The number of hydrogen-bond donors (Lipinski definition) is 0. The van der Waals surface area contributed by atoms with Crippen molar-refractivity contribution in [2.45, 2.75) is 6.54 Å². The van der Waals surface area contributed by atoms with Crippen LogP contribution in [-0.4, -0.2) is 48.1 Å². The lowest BCUT2D eigenvalue weighted by atomic mass is 10.0. The predicted molar refractivity (Wildman–Crippen MR) is 104 cm³/mol. The number of para-hydroxylation sites is 1. The molecule has 0 bridgehead atoms. The van der Waals surface area contributed by atoms with Gasteiger partial charge in [-0.15, -0.1) is 0 Å². The highest BCUT2D eigenvalue weighted by molar-refractivity contribution is 6.35. The molecular formula is C21H21ClN2O2. The quantitative estimate of drug-likeness (QED) is 0.641. The number of halogens is 1. The number of benzene rings is 2. The smallest absolute Gasteiger partial charge is 0.196 e. The summed E-state index contributed by atoms with van der Waals surface area (Å²) in [5, 5.41) is 1.46. The Kier molecular flexibility index (Phi) is 5.07. The Balaban J connectivity index is 1.65. The summed E-state index contributed by atoms with van der Waals surface area (Å²) in [5.41, 5.74) is 2.33. The number of hydrogen-bond acceptors (Lipinski definition) is 3. The van der Waals surface area contributed by atoms with Gasteiger partial charge in [0.15, 0.2) is 5.78 Å². The van der Waals surface area contributed by atoms with Crippen LogP contribution in [0.5, 0.6) is 0 Å². The first kappa shape index (κ1) is 17.3. The molecule has 0 radical (unpaired) electrons. The molecule has 1 aliphatic heterocycles. The van der Waals surface area contributed by atoms with Gasteiger partial charge in [-0.1, -0.05) is 41.9 Å². The van der Waals surface area contributed by atoms with Gasteiger partial charge in [0, 0.05) is 54.4 Å². The van der Waals surface area contributed by atoms with Crippen LogP contribution in [0.15, 0.2) is 54.7 Å². The fourth-order valence-electron chi connectivity index (χ4n) is 3.48. The van der Waals surface area contributed by atoms with Gasteiger partial charge in [-0.25, -0.2) is 0 Å². The molecule has 1 fully saturated rings. The third-order valence-electron chi connectivity index (χ3n) is 4.91. The monoisotopic (exact) mass is 368 g/mol. The molecule has 0 amide bonds. The van der Waals surface area contributed by atoms with Gasteiger partial charge in [0.1, 0.15) is 0 Å². The molecule has 0 spiro atoms. The Morgan fingerprint density at radius 1 is 0.962 bits per heavy atom. The Hall–Kier alpha value is -2.14. The number of morpholine rings is 1. The second-order valence-corrected chi connectivity index (χ2v) is 6.92. The van der Waals surface area contributed by atoms with E-state index in [0.717, 1.165) is 50.3 Å². The van der Waals surface area contributed by atoms with Gasteiger partial charge in [-0.2, -0.15) is 0 Å². The molecule has 2 heterocycles. The van der Waals surface area contributed by atoms with Crippen molar-refractivity contribution in [1.29, 1.82) is 0 Å². The zero-order valence-corrected chi connectivity index (χ0v) is 15.3. The fraction of sp³-hybridized carbons (Fsp3) is 0.286. The standard InChI is InChI=1S/C21H21ClN2O2/c22-19-7-3-1-6-17(19)21(25)18-15-24(20-8-4-2-5-16(18)20)10-9-23-11-13-26-14-12-23/h1-8,15H,9-14H2.